The summed E-state index contributed by atoms with van der Waals surface area (Å²) >= 11 is 6.05. The van der Waals surface area contributed by atoms with Gasteiger partial charge in [-0.3, -0.25) is 0 Å². The molecule has 0 spiro atoms. The number of rotatable bonds is 7. The minimum absolute atomic E-state index is 0.562. The monoisotopic (exact) mass is 275 g/mol. The van der Waals surface area contributed by atoms with Crippen LogP contribution < -0.4 is 5.32 Å². The first-order valence-electron chi connectivity index (χ1n) is 6.42. The Labute approximate surface area is 119 Å². The van der Waals surface area contributed by atoms with Crippen molar-refractivity contribution in [3.63, 3.8) is 0 Å². The summed E-state index contributed by atoms with van der Waals surface area (Å²) in [6.45, 7) is 2.94. The van der Waals surface area contributed by atoms with Crippen molar-refractivity contribution in [2.45, 2.75) is 13.2 Å². The number of hydrogen-bond donors (Lipinski definition) is 1. The molecular weight excluding hydrogens is 258 g/mol. The molecule has 0 aliphatic rings. The van der Waals surface area contributed by atoms with E-state index < -0.39 is 0 Å². The third-order valence-corrected chi connectivity index (χ3v) is 3.18. The Bertz CT molecular complexity index is 487. The molecule has 100 valence electrons. The van der Waals surface area contributed by atoms with Crippen LogP contribution in [0, 0.1) is 0 Å². The summed E-state index contributed by atoms with van der Waals surface area (Å²) in [5.41, 5.74) is 2.32. The second-order valence-electron chi connectivity index (χ2n) is 4.31. The summed E-state index contributed by atoms with van der Waals surface area (Å²) in [4.78, 5) is 0. The van der Waals surface area contributed by atoms with Crippen LogP contribution in [0.3, 0.4) is 0 Å². The van der Waals surface area contributed by atoms with Crippen molar-refractivity contribution in [1.29, 1.82) is 0 Å². The molecule has 0 unspecified atom stereocenters. The Hall–Kier alpha value is -1.35. The Kier molecular flexibility index (Phi) is 5.89. The summed E-state index contributed by atoms with van der Waals surface area (Å²) in [5.74, 6) is 0. The first-order valence-corrected chi connectivity index (χ1v) is 6.80. The standard InChI is InChI=1S/C16H18ClNO/c17-16-9-5-4-8-15(16)13-19-11-10-18-12-14-6-2-1-3-7-14/h1-9,18H,10-13H2. The number of ether oxygens (including phenoxy) is 1. The van der Waals surface area contributed by atoms with E-state index >= 15 is 0 Å². The zero-order valence-electron chi connectivity index (χ0n) is 10.8. The molecule has 3 heteroatoms. The number of benzene rings is 2. The molecule has 0 radical (unpaired) electrons. The highest BCUT2D eigenvalue weighted by Gasteiger charge is 1.98. The average Bonchev–Trinajstić information content (AvgIpc) is 2.45. The van der Waals surface area contributed by atoms with Crippen LogP contribution in [0.2, 0.25) is 5.02 Å². The molecule has 0 atom stereocenters. The van der Waals surface area contributed by atoms with E-state index in [0.29, 0.717) is 13.2 Å². The summed E-state index contributed by atoms with van der Waals surface area (Å²) in [7, 11) is 0. The van der Waals surface area contributed by atoms with E-state index in [0.717, 1.165) is 23.7 Å². The molecule has 19 heavy (non-hydrogen) atoms. The van der Waals surface area contributed by atoms with Crippen LogP contribution in [0.15, 0.2) is 54.6 Å². The fourth-order valence-corrected chi connectivity index (χ4v) is 1.96. The van der Waals surface area contributed by atoms with E-state index in [4.69, 9.17) is 16.3 Å². The van der Waals surface area contributed by atoms with E-state index in [1.807, 2.05) is 42.5 Å². The van der Waals surface area contributed by atoms with Gasteiger partial charge >= 0.3 is 0 Å². The fraction of sp³-hybridized carbons (Fsp3) is 0.250. The lowest BCUT2D eigenvalue weighted by Crippen LogP contribution is -2.19. The van der Waals surface area contributed by atoms with Gasteiger partial charge in [0.05, 0.1) is 13.2 Å². The normalized spacial score (nSPS) is 10.6. The van der Waals surface area contributed by atoms with Gasteiger partial charge in [-0.2, -0.15) is 0 Å². The minimum atomic E-state index is 0.562. The molecule has 0 bridgehead atoms. The molecule has 2 nitrogen and oxygen atoms in total. The van der Waals surface area contributed by atoms with Crippen LogP contribution >= 0.6 is 11.6 Å². The lowest BCUT2D eigenvalue weighted by atomic mass is 10.2. The molecule has 0 saturated carbocycles. The van der Waals surface area contributed by atoms with E-state index in [1.165, 1.54) is 5.56 Å². The van der Waals surface area contributed by atoms with E-state index in [1.54, 1.807) is 0 Å². The maximum atomic E-state index is 6.05. The zero-order valence-corrected chi connectivity index (χ0v) is 11.6. The van der Waals surface area contributed by atoms with Gasteiger partial charge in [-0.05, 0) is 17.2 Å². The van der Waals surface area contributed by atoms with Crippen molar-refractivity contribution in [3.05, 3.63) is 70.7 Å². The highest BCUT2D eigenvalue weighted by atomic mass is 35.5. The average molecular weight is 276 g/mol. The largest absolute Gasteiger partial charge is 0.375 e. The Morgan fingerprint density at radius 1 is 0.947 bits per heavy atom. The highest BCUT2D eigenvalue weighted by Crippen LogP contribution is 2.15. The summed E-state index contributed by atoms with van der Waals surface area (Å²) in [5, 5.41) is 4.11. The van der Waals surface area contributed by atoms with Crippen molar-refractivity contribution < 1.29 is 4.74 Å². The number of hydrogen-bond acceptors (Lipinski definition) is 2. The van der Waals surface area contributed by atoms with Crippen LogP contribution in [-0.2, 0) is 17.9 Å². The second kappa shape index (κ2) is 7.95. The summed E-state index contributed by atoms with van der Waals surface area (Å²) < 4.78 is 5.59. The van der Waals surface area contributed by atoms with Gasteiger partial charge < -0.3 is 10.1 Å². The minimum Gasteiger partial charge on any atom is -0.375 e. The van der Waals surface area contributed by atoms with Gasteiger partial charge in [0.1, 0.15) is 0 Å². The first kappa shape index (κ1) is 14.1. The van der Waals surface area contributed by atoms with Crippen molar-refractivity contribution in [2.24, 2.45) is 0 Å². The highest BCUT2D eigenvalue weighted by molar-refractivity contribution is 6.31. The molecule has 2 aromatic rings. The Morgan fingerprint density at radius 3 is 2.47 bits per heavy atom. The van der Waals surface area contributed by atoms with Crippen molar-refractivity contribution >= 4 is 11.6 Å². The quantitative estimate of drug-likeness (QED) is 0.779. The maximum absolute atomic E-state index is 6.05. The van der Waals surface area contributed by atoms with Gasteiger partial charge in [0.15, 0.2) is 0 Å². The van der Waals surface area contributed by atoms with Crippen LogP contribution in [-0.4, -0.2) is 13.2 Å². The van der Waals surface area contributed by atoms with Crippen LogP contribution in [0.4, 0.5) is 0 Å². The third kappa shape index (κ3) is 5.03. The molecular formula is C16H18ClNO. The van der Waals surface area contributed by atoms with Gasteiger partial charge in [0, 0.05) is 18.1 Å². The molecule has 0 amide bonds. The van der Waals surface area contributed by atoms with Crippen LogP contribution in [0.25, 0.3) is 0 Å². The van der Waals surface area contributed by atoms with Crippen molar-refractivity contribution in [2.75, 3.05) is 13.2 Å². The smallest absolute Gasteiger partial charge is 0.0731 e. The van der Waals surface area contributed by atoms with Crippen molar-refractivity contribution in [3.8, 4) is 0 Å². The molecule has 0 aliphatic carbocycles. The second-order valence-corrected chi connectivity index (χ2v) is 4.71. The molecule has 2 aromatic carbocycles. The van der Waals surface area contributed by atoms with Gasteiger partial charge in [-0.1, -0.05) is 60.1 Å². The van der Waals surface area contributed by atoms with Crippen molar-refractivity contribution in [1.82, 2.24) is 5.32 Å². The molecule has 0 saturated heterocycles. The molecule has 0 heterocycles. The maximum Gasteiger partial charge on any atom is 0.0731 e. The molecule has 0 fully saturated rings. The first-order chi connectivity index (χ1) is 9.36. The predicted molar refractivity (Wildman–Crippen MR) is 79.3 cm³/mol. The fourth-order valence-electron chi connectivity index (χ4n) is 1.77. The molecule has 1 N–H and O–H groups in total. The van der Waals surface area contributed by atoms with Gasteiger partial charge in [-0.25, -0.2) is 0 Å². The van der Waals surface area contributed by atoms with Crippen LogP contribution in [0.1, 0.15) is 11.1 Å². The third-order valence-electron chi connectivity index (χ3n) is 2.81. The lowest BCUT2D eigenvalue weighted by molar-refractivity contribution is 0.122. The number of nitrogens with one attached hydrogen (secondary N) is 1. The van der Waals surface area contributed by atoms with Gasteiger partial charge in [0.25, 0.3) is 0 Å². The summed E-state index contributed by atoms with van der Waals surface area (Å²) in [6, 6.07) is 18.1. The zero-order chi connectivity index (χ0) is 13.3. The van der Waals surface area contributed by atoms with Gasteiger partial charge in [-0.15, -0.1) is 0 Å². The molecule has 0 aromatic heterocycles. The van der Waals surface area contributed by atoms with E-state index in [2.05, 4.69) is 17.4 Å². The predicted octanol–water partition coefficient (Wildman–Crippen LogP) is 3.65. The lowest BCUT2D eigenvalue weighted by Gasteiger charge is -2.07. The van der Waals surface area contributed by atoms with Gasteiger partial charge in [0.2, 0.25) is 0 Å². The van der Waals surface area contributed by atoms with Crippen LogP contribution in [0.5, 0.6) is 0 Å². The molecule has 0 aliphatic heterocycles. The summed E-state index contributed by atoms with van der Waals surface area (Å²) in [6.07, 6.45) is 0. The molecule has 2 rings (SSSR count). The topological polar surface area (TPSA) is 21.3 Å². The number of halogens is 1. The SMILES string of the molecule is Clc1ccccc1COCCNCc1ccccc1. The Morgan fingerprint density at radius 2 is 1.68 bits per heavy atom. The van der Waals surface area contributed by atoms with E-state index in [9.17, 15) is 0 Å². The Balaban J connectivity index is 1.59. The van der Waals surface area contributed by atoms with E-state index in [-0.39, 0.29) is 0 Å².